The van der Waals surface area contributed by atoms with Gasteiger partial charge < -0.3 is 15.1 Å². The average molecular weight is 287 g/mol. The van der Waals surface area contributed by atoms with Crippen LogP contribution in [0.5, 0.6) is 0 Å². The minimum atomic E-state index is -0.345. The Balaban J connectivity index is 1.55. The summed E-state index contributed by atoms with van der Waals surface area (Å²) in [6.07, 6.45) is 1.85. The molecule has 1 unspecified atom stereocenters. The molecule has 1 heterocycles. The lowest BCUT2D eigenvalue weighted by atomic mass is 10.3. The summed E-state index contributed by atoms with van der Waals surface area (Å²) < 4.78 is 5.59. The van der Waals surface area contributed by atoms with Gasteiger partial charge in [0.1, 0.15) is 11.6 Å². The van der Waals surface area contributed by atoms with E-state index in [1.54, 1.807) is 6.92 Å². The van der Waals surface area contributed by atoms with E-state index in [0.29, 0.717) is 11.5 Å². The Bertz CT molecular complexity index is 643. The lowest BCUT2D eigenvalue weighted by Gasteiger charge is -2.10. The Morgan fingerprint density at radius 1 is 1.38 bits per heavy atom. The van der Waals surface area contributed by atoms with Gasteiger partial charge in [-0.15, -0.1) is 0 Å². The van der Waals surface area contributed by atoms with E-state index in [-0.39, 0.29) is 30.3 Å². The molecule has 2 amide bonds. The van der Waals surface area contributed by atoms with Crippen LogP contribution in [-0.2, 0) is 9.59 Å². The molecule has 6 heteroatoms. The summed E-state index contributed by atoms with van der Waals surface area (Å²) in [5.74, 6) is 0.267. The van der Waals surface area contributed by atoms with Crippen molar-refractivity contribution in [1.82, 2.24) is 15.6 Å². The van der Waals surface area contributed by atoms with Gasteiger partial charge >= 0.3 is 0 Å². The zero-order valence-electron chi connectivity index (χ0n) is 11.8. The summed E-state index contributed by atoms with van der Waals surface area (Å²) in [4.78, 5) is 27.6. The normalized spacial score (nSPS) is 15.7. The van der Waals surface area contributed by atoms with E-state index in [4.69, 9.17) is 4.42 Å². The first kappa shape index (κ1) is 13.6. The summed E-state index contributed by atoms with van der Waals surface area (Å²) in [6, 6.07) is 7.09. The minimum Gasteiger partial charge on any atom is -0.438 e. The summed E-state index contributed by atoms with van der Waals surface area (Å²) in [6.45, 7) is 1.78. The molecule has 21 heavy (non-hydrogen) atoms. The van der Waals surface area contributed by atoms with Gasteiger partial charge in [0.25, 0.3) is 0 Å². The molecule has 110 valence electrons. The summed E-state index contributed by atoms with van der Waals surface area (Å²) in [5.41, 5.74) is 1.45. The maximum Gasteiger partial charge on any atom is 0.240 e. The molecule has 3 rings (SSSR count). The molecule has 2 N–H and O–H groups in total. The Morgan fingerprint density at radius 3 is 2.86 bits per heavy atom. The second-order valence-electron chi connectivity index (χ2n) is 5.30. The predicted molar refractivity (Wildman–Crippen MR) is 76.3 cm³/mol. The van der Waals surface area contributed by atoms with E-state index in [9.17, 15) is 9.59 Å². The van der Waals surface area contributed by atoms with Gasteiger partial charge in [-0.25, -0.2) is 4.98 Å². The van der Waals surface area contributed by atoms with Crippen molar-refractivity contribution in [3.05, 3.63) is 30.2 Å². The molecular formula is C15H17N3O3. The van der Waals surface area contributed by atoms with E-state index < -0.39 is 0 Å². The van der Waals surface area contributed by atoms with E-state index >= 15 is 0 Å². The van der Waals surface area contributed by atoms with Gasteiger partial charge in [0.2, 0.25) is 17.7 Å². The van der Waals surface area contributed by atoms with Crippen LogP contribution in [0.3, 0.4) is 0 Å². The van der Waals surface area contributed by atoms with Gasteiger partial charge in [0.05, 0.1) is 6.54 Å². The SMILES string of the molecule is CC(NC(=O)CNC(=O)C1CC1)c1nc2ccccc2o1. The number of oxazole rings is 1. The number of carbonyl (C=O) groups excluding carboxylic acids is 2. The molecule has 2 aromatic rings. The molecule has 1 aliphatic carbocycles. The number of amides is 2. The lowest BCUT2D eigenvalue weighted by molar-refractivity contribution is -0.127. The fourth-order valence-corrected chi connectivity index (χ4v) is 2.09. The van der Waals surface area contributed by atoms with Crippen LogP contribution in [-0.4, -0.2) is 23.3 Å². The van der Waals surface area contributed by atoms with Gasteiger partial charge in [-0.05, 0) is 31.9 Å². The van der Waals surface area contributed by atoms with Crippen molar-refractivity contribution in [1.29, 1.82) is 0 Å². The molecule has 1 saturated carbocycles. The number of hydrogen-bond donors (Lipinski definition) is 2. The third-order valence-electron chi connectivity index (χ3n) is 3.43. The van der Waals surface area contributed by atoms with Gasteiger partial charge in [-0.3, -0.25) is 9.59 Å². The van der Waals surface area contributed by atoms with Crippen LogP contribution in [0, 0.1) is 5.92 Å². The Labute approximate surface area is 121 Å². The van der Waals surface area contributed by atoms with Crippen molar-refractivity contribution >= 4 is 22.9 Å². The number of carbonyl (C=O) groups is 2. The molecule has 0 bridgehead atoms. The van der Waals surface area contributed by atoms with Crippen molar-refractivity contribution in [2.24, 2.45) is 5.92 Å². The van der Waals surface area contributed by atoms with E-state index in [0.717, 1.165) is 18.4 Å². The number of fused-ring (bicyclic) bond motifs is 1. The van der Waals surface area contributed by atoms with Crippen LogP contribution in [0.15, 0.2) is 28.7 Å². The molecule has 1 atom stereocenters. The molecule has 0 aliphatic heterocycles. The third kappa shape index (κ3) is 3.21. The van der Waals surface area contributed by atoms with Crippen molar-refractivity contribution in [3.8, 4) is 0 Å². The number of nitrogens with zero attached hydrogens (tertiary/aromatic N) is 1. The van der Waals surface area contributed by atoms with Crippen LogP contribution in [0.2, 0.25) is 0 Å². The average Bonchev–Trinajstić information content (AvgIpc) is 3.23. The lowest BCUT2D eigenvalue weighted by Crippen LogP contribution is -2.38. The van der Waals surface area contributed by atoms with Crippen LogP contribution < -0.4 is 10.6 Å². The number of benzene rings is 1. The molecule has 1 fully saturated rings. The van der Waals surface area contributed by atoms with Crippen LogP contribution in [0.1, 0.15) is 31.7 Å². The van der Waals surface area contributed by atoms with E-state index in [1.165, 1.54) is 0 Å². The molecular weight excluding hydrogens is 270 g/mol. The topological polar surface area (TPSA) is 84.2 Å². The number of para-hydroxylation sites is 2. The smallest absolute Gasteiger partial charge is 0.240 e. The van der Waals surface area contributed by atoms with Crippen LogP contribution >= 0.6 is 0 Å². The van der Waals surface area contributed by atoms with Crippen molar-refractivity contribution in [2.75, 3.05) is 6.54 Å². The highest BCUT2D eigenvalue weighted by Crippen LogP contribution is 2.28. The van der Waals surface area contributed by atoms with Crippen LogP contribution in [0.4, 0.5) is 0 Å². The second-order valence-corrected chi connectivity index (χ2v) is 5.30. The minimum absolute atomic E-state index is 0.0140. The molecule has 1 aromatic heterocycles. The number of aromatic nitrogens is 1. The quantitative estimate of drug-likeness (QED) is 0.873. The molecule has 0 spiro atoms. The highest BCUT2D eigenvalue weighted by atomic mass is 16.3. The molecule has 0 radical (unpaired) electrons. The highest BCUT2D eigenvalue weighted by Gasteiger charge is 2.29. The molecule has 1 aromatic carbocycles. The number of hydrogen-bond acceptors (Lipinski definition) is 4. The number of nitrogens with one attached hydrogen (secondary N) is 2. The van der Waals surface area contributed by atoms with Gasteiger partial charge in [0.15, 0.2) is 5.58 Å². The first-order valence-electron chi connectivity index (χ1n) is 7.06. The zero-order valence-corrected chi connectivity index (χ0v) is 11.8. The van der Waals surface area contributed by atoms with E-state index in [1.807, 2.05) is 24.3 Å². The van der Waals surface area contributed by atoms with Crippen LogP contribution in [0.25, 0.3) is 11.1 Å². The molecule has 0 saturated heterocycles. The van der Waals surface area contributed by atoms with Crippen molar-refractivity contribution in [3.63, 3.8) is 0 Å². The van der Waals surface area contributed by atoms with Crippen molar-refractivity contribution < 1.29 is 14.0 Å². The van der Waals surface area contributed by atoms with Gasteiger partial charge in [-0.2, -0.15) is 0 Å². The van der Waals surface area contributed by atoms with Gasteiger partial charge in [-0.1, -0.05) is 12.1 Å². The third-order valence-corrected chi connectivity index (χ3v) is 3.43. The van der Waals surface area contributed by atoms with Gasteiger partial charge in [0, 0.05) is 5.92 Å². The predicted octanol–water partition coefficient (Wildman–Crippen LogP) is 1.53. The summed E-state index contributed by atoms with van der Waals surface area (Å²) in [7, 11) is 0. The first-order valence-corrected chi connectivity index (χ1v) is 7.06. The fraction of sp³-hybridized carbons (Fsp3) is 0.400. The maximum absolute atomic E-state index is 11.8. The zero-order chi connectivity index (χ0) is 14.8. The Morgan fingerprint density at radius 2 is 2.14 bits per heavy atom. The molecule has 6 nitrogen and oxygen atoms in total. The monoisotopic (exact) mass is 287 g/mol. The highest BCUT2D eigenvalue weighted by molar-refractivity contribution is 5.87. The largest absolute Gasteiger partial charge is 0.438 e. The molecule has 1 aliphatic rings. The van der Waals surface area contributed by atoms with E-state index in [2.05, 4.69) is 15.6 Å². The maximum atomic E-state index is 11.8. The second kappa shape index (κ2) is 5.55. The standard InChI is InChI=1S/C15H17N3O3/c1-9(15-18-11-4-2-3-5-12(11)21-15)17-13(19)8-16-14(20)10-6-7-10/h2-5,9-10H,6-8H2,1H3,(H,16,20)(H,17,19). The Hall–Kier alpha value is -2.37. The fourth-order valence-electron chi connectivity index (χ4n) is 2.09. The Kier molecular flexibility index (Phi) is 3.60. The summed E-state index contributed by atoms with van der Waals surface area (Å²) >= 11 is 0. The first-order chi connectivity index (χ1) is 10.1. The summed E-state index contributed by atoms with van der Waals surface area (Å²) in [5, 5.41) is 5.39. The number of rotatable bonds is 5. The van der Waals surface area contributed by atoms with Crippen molar-refractivity contribution in [2.45, 2.75) is 25.8 Å².